The lowest BCUT2D eigenvalue weighted by Gasteiger charge is -2.26. The molecule has 21 heavy (non-hydrogen) atoms. The van der Waals surface area contributed by atoms with E-state index in [1.165, 1.54) is 18.2 Å². The van der Waals surface area contributed by atoms with Crippen LogP contribution in [-0.2, 0) is 0 Å². The number of hydrogen-bond acceptors (Lipinski definition) is 5. The highest BCUT2D eigenvalue weighted by molar-refractivity contribution is 5.94. The van der Waals surface area contributed by atoms with Crippen molar-refractivity contribution in [3.8, 4) is 0 Å². The molecule has 0 spiro atoms. The zero-order chi connectivity index (χ0) is 15.4. The van der Waals surface area contributed by atoms with E-state index in [1.807, 2.05) is 4.90 Å². The molecule has 1 atom stereocenters. The number of nitrogens with two attached hydrogens (primary N) is 1. The average molecular weight is 293 g/mol. The van der Waals surface area contributed by atoms with Crippen molar-refractivity contribution in [2.45, 2.75) is 31.7 Å². The summed E-state index contributed by atoms with van der Waals surface area (Å²) in [5.41, 5.74) is 5.95. The number of aliphatic hydroxyl groups excluding tert-OH is 1. The van der Waals surface area contributed by atoms with Crippen LogP contribution in [-0.4, -0.2) is 35.1 Å². The first-order valence-electron chi connectivity index (χ1n) is 7.00. The van der Waals surface area contributed by atoms with Gasteiger partial charge in [0.2, 0.25) is 5.91 Å². The molecule has 1 fully saturated rings. The molecule has 0 bridgehead atoms. The highest BCUT2D eigenvalue weighted by atomic mass is 16.6. The fraction of sp³-hybridized carbons (Fsp3) is 0.500. The van der Waals surface area contributed by atoms with Crippen molar-refractivity contribution in [1.29, 1.82) is 0 Å². The number of nitro groups is 1. The van der Waals surface area contributed by atoms with Crippen molar-refractivity contribution in [2.75, 3.05) is 18.1 Å². The zero-order valence-corrected chi connectivity index (χ0v) is 11.7. The SMILES string of the molecule is NC(=O)c1ccc([N+](=O)[O-])c(N2CCCC2CCCO)c1. The van der Waals surface area contributed by atoms with Crippen molar-refractivity contribution in [3.05, 3.63) is 33.9 Å². The minimum absolute atomic E-state index is 0.0177. The largest absolute Gasteiger partial charge is 0.396 e. The van der Waals surface area contributed by atoms with E-state index in [0.717, 1.165) is 19.3 Å². The lowest BCUT2D eigenvalue weighted by Crippen LogP contribution is -2.30. The third kappa shape index (κ3) is 3.30. The molecule has 1 aromatic rings. The minimum atomic E-state index is -0.600. The Bertz CT molecular complexity index is 547. The number of carbonyl (C=O) groups excluding carboxylic acids is 1. The Balaban J connectivity index is 2.37. The number of benzene rings is 1. The van der Waals surface area contributed by atoms with Gasteiger partial charge in [-0.15, -0.1) is 0 Å². The van der Waals surface area contributed by atoms with E-state index in [2.05, 4.69) is 0 Å². The van der Waals surface area contributed by atoms with Crippen molar-refractivity contribution in [2.24, 2.45) is 5.73 Å². The second-order valence-electron chi connectivity index (χ2n) is 5.18. The molecule has 1 unspecified atom stereocenters. The molecule has 3 N–H and O–H groups in total. The Hall–Kier alpha value is -2.15. The molecule has 0 saturated carbocycles. The van der Waals surface area contributed by atoms with Crippen LogP contribution < -0.4 is 10.6 Å². The maximum absolute atomic E-state index is 11.3. The molecule has 1 aliphatic heterocycles. The van der Waals surface area contributed by atoms with Crippen molar-refractivity contribution in [1.82, 2.24) is 0 Å². The van der Waals surface area contributed by atoms with Crippen LogP contribution in [0.3, 0.4) is 0 Å². The van der Waals surface area contributed by atoms with Gasteiger partial charge in [-0.2, -0.15) is 0 Å². The summed E-state index contributed by atoms with van der Waals surface area (Å²) >= 11 is 0. The van der Waals surface area contributed by atoms with E-state index in [-0.39, 0.29) is 23.9 Å². The first-order chi connectivity index (χ1) is 10.0. The van der Waals surface area contributed by atoms with Crippen LogP contribution in [0.15, 0.2) is 18.2 Å². The number of primary amides is 1. The molecule has 1 aliphatic rings. The molecule has 1 heterocycles. The summed E-state index contributed by atoms with van der Waals surface area (Å²) in [6.45, 7) is 0.812. The molecule has 1 saturated heterocycles. The molecule has 2 rings (SSSR count). The number of carbonyl (C=O) groups is 1. The highest BCUT2D eigenvalue weighted by Gasteiger charge is 2.29. The van der Waals surface area contributed by atoms with Crippen molar-refractivity contribution < 1.29 is 14.8 Å². The summed E-state index contributed by atoms with van der Waals surface area (Å²) in [5.74, 6) is -0.600. The predicted octanol–water partition coefficient (Wildman–Crippen LogP) is 1.43. The van der Waals surface area contributed by atoms with Crippen LogP contribution >= 0.6 is 0 Å². The van der Waals surface area contributed by atoms with Crippen LogP contribution in [0.5, 0.6) is 0 Å². The first kappa shape index (κ1) is 15.2. The van der Waals surface area contributed by atoms with Gasteiger partial charge in [-0.3, -0.25) is 14.9 Å². The average Bonchev–Trinajstić information content (AvgIpc) is 2.92. The maximum Gasteiger partial charge on any atom is 0.292 e. The van der Waals surface area contributed by atoms with Gasteiger partial charge in [0.25, 0.3) is 5.69 Å². The smallest absolute Gasteiger partial charge is 0.292 e. The molecule has 7 heteroatoms. The summed E-state index contributed by atoms with van der Waals surface area (Å²) in [6.07, 6.45) is 3.30. The Morgan fingerprint density at radius 1 is 1.52 bits per heavy atom. The predicted molar refractivity (Wildman–Crippen MR) is 78.3 cm³/mol. The quantitative estimate of drug-likeness (QED) is 0.609. The fourth-order valence-corrected chi connectivity index (χ4v) is 2.84. The Morgan fingerprint density at radius 3 is 2.90 bits per heavy atom. The maximum atomic E-state index is 11.3. The molecule has 0 aromatic heterocycles. The normalized spacial score (nSPS) is 18.0. The van der Waals surface area contributed by atoms with E-state index >= 15 is 0 Å². The van der Waals surface area contributed by atoms with Gasteiger partial charge in [0.1, 0.15) is 5.69 Å². The van der Waals surface area contributed by atoms with Gasteiger partial charge < -0.3 is 15.7 Å². The second kappa shape index (κ2) is 6.53. The van der Waals surface area contributed by atoms with E-state index < -0.39 is 10.8 Å². The van der Waals surface area contributed by atoms with Crippen LogP contribution in [0.25, 0.3) is 0 Å². The molecule has 7 nitrogen and oxygen atoms in total. The lowest BCUT2D eigenvalue weighted by atomic mass is 10.1. The molecule has 1 aromatic carbocycles. The molecule has 1 amide bonds. The highest BCUT2D eigenvalue weighted by Crippen LogP contribution is 2.35. The molecule has 114 valence electrons. The van der Waals surface area contributed by atoms with Crippen molar-refractivity contribution in [3.63, 3.8) is 0 Å². The van der Waals surface area contributed by atoms with Crippen LogP contribution in [0.4, 0.5) is 11.4 Å². The number of hydrogen-bond donors (Lipinski definition) is 2. The number of amides is 1. The fourth-order valence-electron chi connectivity index (χ4n) is 2.84. The van der Waals surface area contributed by atoms with Gasteiger partial charge in [0.15, 0.2) is 0 Å². The third-order valence-electron chi connectivity index (χ3n) is 3.84. The first-order valence-corrected chi connectivity index (χ1v) is 7.00. The van der Waals surface area contributed by atoms with Crippen LogP contribution in [0.2, 0.25) is 0 Å². The number of rotatable bonds is 6. The van der Waals surface area contributed by atoms with Crippen LogP contribution in [0.1, 0.15) is 36.0 Å². The van der Waals surface area contributed by atoms with Crippen molar-refractivity contribution >= 4 is 17.3 Å². The monoisotopic (exact) mass is 293 g/mol. The molecule has 0 radical (unpaired) electrons. The zero-order valence-electron chi connectivity index (χ0n) is 11.7. The van der Waals surface area contributed by atoms with Gasteiger partial charge in [-0.1, -0.05) is 0 Å². The number of nitrogens with zero attached hydrogens (tertiary/aromatic N) is 2. The summed E-state index contributed by atoms with van der Waals surface area (Å²) in [6, 6.07) is 4.36. The Kier molecular flexibility index (Phi) is 4.74. The van der Waals surface area contributed by atoms with E-state index in [0.29, 0.717) is 18.7 Å². The molecular formula is C14H19N3O4. The van der Waals surface area contributed by atoms with Crippen LogP contribution in [0, 0.1) is 10.1 Å². The summed E-state index contributed by atoms with van der Waals surface area (Å²) in [7, 11) is 0. The summed E-state index contributed by atoms with van der Waals surface area (Å²) in [4.78, 5) is 24.0. The van der Waals surface area contributed by atoms with E-state index in [9.17, 15) is 14.9 Å². The standard InChI is InChI=1S/C14H19N3O4/c15-14(19)10-5-6-12(17(20)21)13(9-10)16-7-1-3-11(16)4-2-8-18/h5-6,9,11,18H,1-4,7-8H2,(H2,15,19). The lowest BCUT2D eigenvalue weighted by molar-refractivity contribution is -0.384. The van der Waals surface area contributed by atoms with Gasteiger partial charge in [-0.25, -0.2) is 0 Å². The van der Waals surface area contributed by atoms with Gasteiger partial charge in [0, 0.05) is 30.8 Å². The molecular weight excluding hydrogens is 274 g/mol. The van der Waals surface area contributed by atoms with E-state index in [4.69, 9.17) is 10.8 Å². The number of nitro benzene ring substituents is 1. The number of aliphatic hydroxyl groups is 1. The second-order valence-corrected chi connectivity index (χ2v) is 5.18. The molecule has 0 aliphatic carbocycles. The number of anilines is 1. The van der Waals surface area contributed by atoms with Gasteiger partial charge in [-0.05, 0) is 37.8 Å². The Labute approximate surface area is 122 Å². The Morgan fingerprint density at radius 2 is 2.29 bits per heavy atom. The topological polar surface area (TPSA) is 110 Å². The third-order valence-corrected chi connectivity index (χ3v) is 3.84. The van der Waals surface area contributed by atoms with Gasteiger partial charge >= 0.3 is 0 Å². The van der Waals surface area contributed by atoms with E-state index in [1.54, 1.807) is 0 Å². The minimum Gasteiger partial charge on any atom is -0.396 e. The summed E-state index contributed by atoms with van der Waals surface area (Å²) < 4.78 is 0. The van der Waals surface area contributed by atoms with Gasteiger partial charge in [0.05, 0.1) is 4.92 Å². The summed E-state index contributed by atoms with van der Waals surface area (Å²) in [5, 5.41) is 20.2.